The number of nitrogens with zero attached hydrogens (tertiary/aromatic N) is 5. The third-order valence-electron chi connectivity index (χ3n) is 7.64. The maximum atomic E-state index is 14.2. The lowest BCUT2D eigenvalue weighted by molar-refractivity contribution is 0.0404. The summed E-state index contributed by atoms with van der Waals surface area (Å²) in [6, 6.07) is 14.8. The number of halogens is 1. The zero-order valence-corrected chi connectivity index (χ0v) is 19.1. The molecule has 1 aromatic carbocycles. The highest BCUT2D eigenvalue weighted by Crippen LogP contribution is 2.26. The average Bonchev–Trinajstić information content (AvgIpc) is 2.86. The van der Waals surface area contributed by atoms with Crippen molar-refractivity contribution in [3.8, 4) is 0 Å². The Morgan fingerprint density at radius 3 is 2.31 bits per heavy atom. The van der Waals surface area contributed by atoms with Crippen LogP contribution in [0.5, 0.6) is 0 Å². The van der Waals surface area contributed by atoms with Gasteiger partial charge in [0.15, 0.2) is 0 Å². The average molecular weight is 438 g/mol. The molecule has 3 aliphatic rings. The van der Waals surface area contributed by atoms with Crippen LogP contribution in [0, 0.1) is 5.82 Å². The second-order valence-corrected chi connectivity index (χ2v) is 9.59. The number of benzene rings is 1. The molecule has 0 amide bonds. The number of aromatic nitrogens is 1. The maximum absolute atomic E-state index is 14.2. The fourth-order valence-electron chi connectivity index (χ4n) is 5.81. The number of hydrogen-bond donors (Lipinski definition) is 0. The van der Waals surface area contributed by atoms with Crippen LogP contribution in [0.25, 0.3) is 0 Å². The highest BCUT2D eigenvalue weighted by molar-refractivity contribution is 5.48. The van der Waals surface area contributed by atoms with Gasteiger partial charge in [0, 0.05) is 70.6 Å². The number of para-hydroxylation sites is 1. The first-order valence-electron chi connectivity index (χ1n) is 12.4. The predicted molar refractivity (Wildman–Crippen MR) is 127 cm³/mol. The number of piperazine rings is 1. The van der Waals surface area contributed by atoms with Crippen LogP contribution in [0.2, 0.25) is 0 Å². The fraction of sp³-hybridized carbons (Fsp3) is 0.577. The van der Waals surface area contributed by atoms with Gasteiger partial charge in [-0.3, -0.25) is 19.7 Å². The van der Waals surface area contributed by atoms with E-state index in [0.29, 0.717) is 6.04 Å². The minimum atomic E-state index is -0.0980. The lowest BCUT2D eigenvalue weighted by atomic mass is 9.96. The van der Waals surface area contributed by atoms with Crippen molar-refractivity contribution in [2.75, 3.05) is 57.3 Å². The summed E-state index contributed by atoms with van der Waals surface area (Å²) >= 11 is 0. The van der Waals surface area contributed by atoms with Crippen LogP contribution >= 0.6 is 0 Å². The summed E-state index contributed by atoms with van der Waals surface area (Å²) in [7, 11) is 0. The van der Waals surface area contributed by atoms with Gasteiger partial charge in [-0.1, -0.05) is 18.2 Å². The van der Waals surface area contributed by atoms with E-state index in [9.17, 15) is 4.39 Å². The second kappa shape index (κ2) is 10.3. The maximum Gasteiger partial charge on any atom is 0.146 e. The Balaban J connectivity index is 1.10. The SMILES string of the molecule is Fc1ccccc1N1CCN(C2CCCN(C3CCN(Cc4ccccn4)CC3)C2)CC1. The molecule has 3 fully saturated rings. The Hall–Kier alpha value is -2.02. The zero-order valence-electron chi connectivity index (χ0n) is 19.1. The third-order valence-corrected chi connectivity index (χ3v) is 7.64. The highest BCUT2D eigenvalue weighted by atomic mass is 19.1. The van der Waals surface area contributed by atoms with Crippen molar-refractivity contribution in [1.82, 2.24) is 19.7 Å². The van der Waals surface area contributed by atoms with E-state index in [4.69, 9.17) is 0 Å². The van der Waals surface area contributed by atoms with Gasteiger partial charge >= 0.3 is 0 Å². The number of anilines is 1. The van der Waals surface area contributed by atoms with E-state index in [2.05, 4.69) is 36.7 Å². The van der Waals surface area contributed by atoms with Crippen LogP contribution in [0.1, 0.15) is 31.4 Å². The number of likely N-dealkylation sites (tertiary alicyclic amines) is 2. The van der Waals surface area contributed by atoms with Gasteiger partial charge in [0.2, 0.25) is 0 Å². The molecule has 0 spiro atoms. The Labute approximate surface area is 191 Å². The van der Waals surface area contributed by atoms with Crippen molar-refractivity contribution in [3.05, 3.63) is 60.2 Å². The van der Waals surface area contributed by atoms with Gasteiger partial charge in [0.05, 0.1) is 11.4 Å². The molecule has 172 valence electrons. The van der Waals surface area contributed by atoms with Gasteiger partial charge in [-0.25, -0.2) is 4.39 Å². The van der Waals surface area contributed by atoms with Crippen molar-refractivity contribution in [3.63, 3.8) is 0 Å². The van der Waals surface area contributed by atoms with Gasteiger partial charge in [-0.2, -0.15) is 0 Å². The van der Waals surface area contributed by atoms with Crippen LogP contribution in [0.15, 0.2) is 48.7 Å². The van der Waals surface area contributed by atoms with Crippen molar-refractivity contribution in [2.24, 2.45) is 0 Å². The summed E-state index contributed by atoms with van der Waals surface area (Å²) in [5.41, 5.74) is 1.94. The van der Waals surface area contributed by atoms with E-state index < -0.39 is 0 Å². The van der Waals surface area contributed by atoms with E-state index >= 15 is 0 Å². The molecule has 0 bridgehead atoms. The van der Waals surface area contributed by atoms with E-state index in [1.807, 2.05) is 24.4 Å². The van der Waals surface area contributed by atoms with E-state index in [1.54, 1.807) is 12.1 Å². The Kier molecular flexibility index (Phi) is 7.00. The highest BCUT2D eigenvalue weighted by Gasteiger charge is 2.32. The van der Waals surface area contributed by atoms with Gasteiger partial charge < -0.3 is 4.90 Å². The predicted octanol–water partition coefficient (Wildman–Crippen LogP) is 3.47. The minimum Gasteiger partial charge on any atom is -0.367 e. The topological polar surface area (TPSA) is 25.9 Å². The van der Waals surface area contributed by atoms with Crippen LogP contribution in [0.4, 0.5) is 10.1 Å². The lowest BCUT2D eigenvalue weighted by Gasteiger charge is -2.47. The van der Waals surface area contributed by atoms with Gasteiger partial charge in [-0.15, -0.1) is 0 Å². The molecule has 0 radical (unpaired) electrons. The van der Waals surface area contributed by atoms with Crippen molar-refractivity contribution >= 4 is 5.69 Å². The fourth-order valence-corrected chi connectivity index (χ4v) is 5.81. The molecular formula is C26H36FN5. The number of hydrogen-bond acceptors (Lipinski definition) is 5. The molecule has 1 atom stereocenters. The largest absolute Gasteiger partial charge is 0.367 e. The first kappa shape index (κ1) is 21.8. The van der Waals surface area contributed by atoms with E-state index in [0.717, 1.165) is 44.5 Å². The molecule has 1 unspecified atom stereocenters. The molecule has 1 aromatic heterocycles. The minimum absolute atomic E-state index is 0.0980. The van der Waals surface area contributed by atoms with Gasteiger partial charge in [0.1, 0.15) is 5.82 Å². The molecule has 4 heterocycles. The van der Waals surface area contributed by atoms with E-state index in [1.165, 1.54) is 57.6 Å². The molecule has 3 saturated heterocycles. The first-order chi connectivity index (χ1) is 15.8. The third kappa shape index (κ3) is 5.13. The molecule has 0 N–H and O–H groups in total. The smallest absolute Gasteiger partial charge is 0.146 e. The summed E-state index contributed by atoms with van der Waals surface area (Å²) in [4.78, 5) is 14.7. The number of piperidine rings is 2. The summed E-state index contributed by atoms with van der Waals surface area (Å²) in [5.74, 6) is -0.0980. The van der Waals surface area contributed by atoms with Crippen LogP contribution < -0.4 is 4.90 Å². The molecule has 32 heavy (non-hydrogen) atoms. The second-order valence-electron chi connectivity index (χ2n) is 9.59. The Bertz CT molecular complexity index is 846. The lowest BCUT2D eigenvalue weighted by Crippen LogP contribution is -2.57. The van der Waals surface area contributed by atoms with Crippen LogP contribution in [-0.2, 0) is 6.54 Å². The molecule has 2 aromatic rings. The summed E-state index contributed by atoms with van der Waals surface area (Å²) in [6.45, 7) is 9.68. The van der Waals surface area contributed by atoms with Crippen LogP contribution in [0.3, 0.4) is 0 Å². The molecular weight excluding hydrogens is 401 g/mol. The van der Waals surface area contributed by atoms with Crippen molar-refractivity contribution in [2.45, 2.75) is 44.3 Å². The molecule has 5 rings (SSSR count). The molecule has 6 heteroatoms. The number of rotatable bonds is 5. The standard InChI is InChI=1S/C26H36FN5/c27-25-8-1-2-9-26(25)31-18-16-30(17-19-31)24-7-5-13-32(21-24)23-10-14-29(15-11-23)20-22-6-3-4-12-28-22/h1-4,6,8-9,12,23-24H,5,7,10-11,13-21H2. The summed E-state index contributed by atoms with van der Waals surface area (Å²) < 4.78 is 14.2. The monoisotopic (exact) mass is 437 g/mol. The number of pyridine rings is 1. The Morgan fingerprint density at radius 1 is 0.781 bits per heavy atom. The van der Waals surface area contributed by atoms with Crippen molar-refractivity contribution < 1.29 is 4.39 Å². The first-order valence-corrected chi connectivity index (χ1v) is 12.4. The zero-order chi connectivity index (χ0) is 21.8. The molecule has 5 nitrogen and oxygen atoms in total. The van der Waals surface area contributed by atoms with Gasteiger partial charge in [-0.05, 0) is 56.5 Å². The molecule has 3 aliphatic heterocycles. The molecule has 0 saturated carbocycles. The molecule has 0 aliphatic carbocycles. The van der Waals surface area contributed by atoms with E-state index in [-0.39, 0.29) is 5.82 Å². The summed E-state index contributed by atoms with van der Waals surface area (Å²) in [6.07, 6.45) is 7.02. The summed E-state index contributed by atoms with van der Waals surface area (Å²) in [5, 5.41) is 0. The van der Waals surface area contributed by atoms with Gasteiger partial charge in [0.25, 0.3) is 0 Å². The Morgan fingerprint density at radius 2 is 1.56 bits per heavy atom. The normalized spacial score (nSPS) is 24.7. The quantitative estimate of drug-likeness (QED) is 0.714. The van der Waals surface area contributed by atoms with Crippen molar-refractivity contribution in [1.29, 1.82) is 0 Å². The van der Waals surface area contributed by atoms with Crippen LogP contribution in [-0.4, -0.2) is 84.1 Å².